The summed E-state index contributed by atoms with van der Waals surface area (Å²) in [7, 11) is 1.40. The summed E-state index contributed by atoms with van der Waals surface area (Å²) in [5.74, 6) is -1.21. The number of alkyl halides is 3. The van der Waals surface area contributed by atoms with Gasteiger partial charge in [-0.1, -0.05) is 11.6 Å². The Hall–Kier alpha value is -0.420. The van der Waals surface area contributed by atoms with Gasteiger partial charge in [0.2, 0.25) is 5.24 Å². The molecule has 2 unspecified atom stereocenters. The number of carbonyl (C=O) groups excluding carboxylic acids is 1. The van der Waals surface area contributed by atoms with E-state index in [1.165, 1.54) is 7.05 Å². The molecule has 1 aliphatic heterocycles. The molecule has 0 amide bonds. The number of rotatable bonds is 2. The van der Waals surface area contributed by atoms with Crippen LogP contribution in [0, 0.1) is 5.92 Å². The summed E-state index contributed by atoms with van der Waals surface area (Å²) in [6, 6.07) is 0. The molecule has 3 nitrogen and oxygen atoms in total. The normalized spacial score (nSPS) is 28.2. The Kier molecular flexibility index (Phi) is 3.08. The van der Waals surface area contributed by atoms with Crippen molar-refractivity contribution in [2.75, 3.05) is 7.05 Å². The minimum Gasteiger partial charge on any atom is -0.281 e. The number of hydrazone groups is 1. The van der Waals surface area contributed by atoms with Gasteiger partial charge >= 0.3 is 0 Å². The van der Waals surface area contributed by atoms with Crippen LogP contribution in [0.3, 0.4) is 0 Å². The van der Waals surface area contributed by atoms with E-state index in [0.717, 1.165) is 5.01 Å². The van der Waals surface area contributed by atoms with Gasteiger partial charge in [0, 0.05) is 7.05 Å². The second kappa shape index (κ2) is 3.75. The van der Waals surface area contributed by atoms with Crippen molar-refractivity contribution in [1.29, 1.82) is 0 Å². The van der Waals surface area contributed by atoms with Crippen LogP contribution in [-0.4, -0.2) is 34.9 Å². The van der Waals surface area contributed by atoms with Gasteiger partial charge in [0.15, 0.2) is 0 Å². The van der Waals surface area contributed by atoms with Crippen molar-refractivity contribution < 1.29 is 13.6 Å². The lowest BCUT2D eigenvalue weighted by atomic mass is 10.1. The Balaban J connectivity index is 2.93. The van der Waals surface area contributed by atoms with Crippen molar-refractivity contribution >= 4 is 34.2 Å². The Morgan fingerprint density at radius 1 is 1.69 bits per heavy atom. The average molecular weight is 231 g/mol. The molecule has 0 saturated carbocycles. The van der Waals surface area contributed by atoms with Crippen LogP contribution in [0.15, 0.2) is 5.10 Å². The molecule has 1 heterocycles. The fourth-order valence-corrected chi connectivity index (χ4v) is 1.64. The maximum absolute atomic E-state index is 12.3. The molecule has 0 fully saturated rings. The third-order valence-corrected chi connectivity index (χ3v) is 2.46. The van der Waals surface area contributed by atoms with Crippen LogP contribution in [0.25, 0.3) is 0 Å². The standard InChI is InChI=1S/C6H6Cl2F2N2O/c1-12-4(7)2(5(8)13)3(11-12)6(9)10/h2,4,6H,1H3. The minimum absolute atomic E-state index is 0.567. The van der Waals surface area contributed by atoms with Crippen LogP contribution >= 0.6 is 23.2 Å². The van der Waals surface area contributed by atoms with Crippen LogP contribution in [-0.2, 0) is 4.79 Å². The van der Waals surface area contributed by atoms with Gasteiger partial charge in [-0.2, -0.15) is 5.10 Å². The van der Waals surface area contributed by atoms with Crippen molar-refractivity contribution in [3.63, 3.8) is 0 Å². The highest BCUT2D eigenvalue weighted by molar-refractivity contribution is 6.66. The van der Waals surface area contributed by atoms with E-state index in [2.05, 4.69) is 5.10 Å². The zero-order valence-electron chi connectivity index (χ0n) is 6.55. The van der Waals surface area contributed by atoms with Gasteiger partial charge in [0.25, 0.3) is 6.43 Å². The van der Waals surface area contributed by atoms with E-state index in [1.807, 2.05) is 0 Å². The van der Waals surface area contributed by atoms with E-state index in [4.69, 9.17) is 23.2 Å². The van der Waals surface area contributed by atoms with E-state index in [1.54, 1.807) is 0 Å². The van der Waals surface area contributed by atoms with E-state index in [-0.39, 0.29) is 0 Å². The van der Waals surface area contributed by atoms with Crippen LogP contribution in [0.1, 0.15) is 0 Å². The number of halogens is 4. The smallest absolute Gasteiger partial charge is 0.279 e. The van der Waals surface area contributed by atoms with Crippen molar-refractivity contribution in [3.8, 4) is 0 Å². The van der Waals surface area contributed by atoms with Crippen molar-refractivity contribution in [2.45, 2.75) is 11.9 Å². The molecule has 13 heavy (non-hydrogen) atoms. The molecular formula is C6H6Cl2F2N2O. The first-order valence-electron chi connectivity index (χ1n) is 3.38. The minimum atomic E-state index is -2.81. The summed E-state index contributed by atoms with van der Waals surface area (Å²) in [6.07, 6.45) is -2.81. The molecule has 74 valence electrons. The summed E-state index contributed by atoms with van der Waals surface area (Å²) in [5, 5.41) is 3.61. The highest BCUT2D eigenvalue weighted by Gasteiger charge is 2.42. The first-order chi connectivity index (χ1) is 5.95. The molecule has 0 spiro atoms. The topological polar surface area (TPSA) is 32.7 Å². The summed E-state index contributed by atoms with van der Waals surface area (Å²) in [6.45, 7) is 0. The Morgan fingerprint density at radius 2 is 2.23 bits per heavy atom. The van der Waals surface area contributed by atoms with E-state index >= 15 is 0 Å². The third-order valence-electron chi connectivity index (χ3n) is 1.69. The zero-order valence-corrected chi connectivity index (χ0v) is 8.06. The third kappa shape index (κ3) is 1.91. The molecule has 0 aromatic carbocycles. The number of hydrogen-bond acceptors (Lipinski definition) is 3. The molecule has 0 radical (unpaired) electrons. The molecule has 1 rings (SSSR count). The van der Waals surface area contributed by atoms with E-state index < -0.39 is 28.8 Å². The lowest BCUT2D eigenvalue weighted by Gasteiger charge is -2.15. The summed E-state index contributed by atoms with van der Waals surface area (Å²) in [4.78, 5) is 10.8. The first kappa shape index (κ1) is 10.7. The Morgan fingerprint density at radius 3 is 2.54 bits per heavy atom. The highest BCUT2D eigenvalue weighted by Crippen LogP contribution is 2.28. The predicted octanol–water partition coefficient (Wildman–Crippen LogP) is 1.50. The largest absolute Gasteiger partial charge is 0.281 e. The number of carbonyl (C=O) groups is 1. The monoisotopic (exact) mass is 230 g/mol. The van der Waals surface area contributed by atoms with Gasteiger partial charge in [-0.05, 0) is 11.6 Å². The van der Waals surface area contributed by atoms with Gasteiger partial charge in [0.1, 0.15) is 17.1 Å². The predicted molar refractivity (Wildman–Crippen MR) is 45.2 cm³/mol. The number of hydrogen-bond donors (Lipinski definition) is 0. The second-order valence-corrected chi connectivity index (χ2v) is 3.37. The fourth-order valence-electron chi connectivity index (χ4n) is 1.06. The highest BCUT2D eigenvalue weighted by atomic mass is 35.5. The lowest BCUT2D eigenvalue weighted by Crippen LogP contribution is -2.32. The van der Waals surface area contributed by atoms with E-state index in [0.29, 0.717) is 0 Å². The first-order valence-corrected chi connectivity index (χ1v) is 4.19. The second-order valence-electron chi connectivity index (χ2n) is 2.55. The lowest BCUT2D eigenvalue weighted by molar-refractivity contribution is -0.113. The summed E-state index contributed by atoms with van der Waals surface area (Å²) in [5.41, 5.74) is -1.49. The molecule has 2 atom stereocenters. The quantitative estimate of drug-likeness (QED) is 0.409. The van der Waals surface area contributed by atoms with Crippen LogP contribution < -0.4 is 0 Å². The fraction of sp³-hybridized carbons (Fsp3) is 0.667. The Bertz CT molecular complexity index is 259. The van der Waals surface area contributed by atoms with Gasteiger partial charge < -0.3 is 0 Å². The van der Waals surface area contributed by atoms with Gasteiger partial charge in [-0.15, -0.1) is 0 Å². The molecule has 0 N–H and O–H groups in total. The molecule has 0 aliphatic carbocycles. The van der Waals surface area contributed by atoms with Crippen LogP contribution in [0.2, 0.25) is 0 Å². The van der Waals surface area contributed by atoms with Crippen molar-refractivity contribution in [1.82, 2.24) is 5.01 Å². The van der Waals surface area contributed by atoms with Gasteiger partial charge in [0.05, 0.1) is 0 Å². The molecule has 0 bridgehead atoms. The molecule has 0 saturated heterocycles. The average Bonchev–Trinajstić information content (AvgIpc) is 2.28. The molecule has 0 aromatic heterocycles. The summed E-state index contributed by atoms with van der Waals surface area (Å²) < 4.78 is 24.5. The molecule has 7 heteroatoms. The van der Waals surface area contributed by atoms with Crippen molar-refractivity contribution in [3.05, 3.63) is 0 Å². The number of nitrogens with zero attached hydrogens (tertiary/aromatic N) is 2. The van der Waals surface area contributed by atoms with Crippen LogP contribution in [0.5, 0.6) is 0 Å². The van der Waals surface area contributed by atoms with E-state index in [9.17, 15) is 13.6 Å². The Labute approximate surface area is 83.3 Å². The molecular weight excluding hydrogens is 225 g/mol. The van der Waals surface area contributed by atoms with Crippen molar-refractivity contribution in [2.24, 2.45) is 11.0 Å². The maximum Gasteiger partial charge on any atom is 0.279 e. The molecule has 1 aliphatic rings. The van der Waals surface area contributed by atoms with Crippen LogP contribution in [0.4, 0.5) is 8.78 Å². The van der Waals surface area contributed by atoms with Gasteiger partial charge in [-0.25, -0.2) is 8.78 Å². The zero-order chi connectivity index (χ0) is 10.2. The summed E-state index contributed by atoms with van der Waals surface area (Å²) >= 11 is 10.8. The van der Waals surface area contributed by atoms with Gasteiger partial charge in [-0.3, -0.25) is 9.80 Å². The molecule has 0 aromatic rings. The SMILES string of the molecule is CN1N=C(C(F)F)C(C(=O)Cl)C1Cl. The maximum atomic E-state index is 12.3.